The van der Waals surface area contributed by atoms with Crippen molar-refractivity contribution in [1.29, 1.82) is 0 Å². The summed E-state index contributed by atoms with van der Waals surface area (Å²) >= 11 is 10.6. The van der Waals surface area contributed by atoms with Gasteiger partial charge in [-0.15, -0.1) is 4.24 Å². The minimum Gasteiger partial charge on any atom is -0.206 e. The first kappa shape index (κ1) is 14.3. The Kier molecular flexibility index (Phi) is 6.67. The van der Waals surface area contributed by atoms with Gasteiger partial charge in [0.15, 0.2) is 0 Å². The van der Waals surface area contributed by atoms with Crippen molar-refractivity contribution in [2.24, 2.45) is 0 Å². The maximum absolute atomic E-state index is 11.1. The number of rotatable bonds is 2. The fourth-order valence-electron chi connectivity index (χ4n) is 0.704. The van der Waals surface area contributed by atoms with Gasteiger partial charge in [0.25, 0.3) is 10.0 Å². The Morgan fingerprint density at radius 2 is 1.77 bits per heavy atom. The maximum atomic E-state index is 11.1. The molecule has 0 heterocycles. The number of nitrogens with one attached hydrogen (secondary N) is 1. The van der Waals surface area contributed by atoms with Crippen molar-refractivity contribution in [1.82, 2.24) is 4.24 Å². The van der Waals surface area contributed by atoms with Gasteiger partial charge in [0.2, 0.25) is 0 Å². The molecule has 0 aromatic heterocycles. The van der Waals surface area contributed by atoms with E-state index in [1.165, 1.54) is 12.1 Å². The topological polar surface area (TPSA) is 46.2 Å². The van der Waals surface area contributed by atoms with Crippen molar-refractivity contribution in [3.05, 3.63) is 29.3 Å². The summed E-state index contributed by atoms with van der Waals surface area (Å²) in [4.78, 5) is -0.0262. The van der Waals surface area contributed by atoms with E-state index in [9.17, 15) is 8.42 Å². The van der Waals surface area contributed by atoms with Gasteiger partial charge in [0.05, 0.1) is 5.02 Å². The zero-order chi connectivity index (χ0) is 9.19. The van der Waals surface area contributed by atoms with Gasteiger partial charge in [-0.2, -0.15) is 0 Å². The van der Waals surface area contributed by atoms with E-state index in [-0.39, 0.29) is 61.3 Å². The van der Waals surface area contributed by atoms with Crippen molar-refractivity contribution in [3.63, 3.8) is 0 Å². The minimum absolute atomic E-state index is 0. The molecule has 3 nitrogen and oxygen atoms in total. The zero-order valence-electron chi connectivity index (χ0n) is 6.79. The molecule has 0 fully saturated rings. The summed E-state index contributed by atoms with van der Waals surface area (Å²) in [6.07, 6.45) is 0. The molecule has 0 aliphatic heterocycles. The molecule has 0 aliphatic rings. The summed E-state index contributed by atoms with van der Waals surface area (Å²) in [6, 6.07) is 6.04. The van der Waals surface area contributed by atoms with Crippen LogP contribution in [0.3, 0.4) is 0 Å². The number of halogens is 2. The monoisotopic (exact) mass is 264 g/mol. The van der Waals surface area contributed by atoms with Gasteiger partial charge in [-0.1, -0.05) is 23.7 Å². The third kappa shape index (κ3) is 3.77. The van der Waals surface area contributed by atoms with Gasteiger partial charge in [-0.3, -0.25) is 0 Å². The van der Waals surface area contributed by atoms with E-state index in [1.807, 2.05) is 0 Å². The molecule has 1 aromatic carbocycles. The van der Waals surface area contributed by atoms with E-state index < -0.39 is 10.0 Å². The zero-order valence-corrected chi connectivity index (χ0v) is 12.2. The van der Waals surface area contributed by atoms with Crippen molar-refractivity contribution in [3.8, 4) is 0 Å². The maximum Gasteiger partial charge on any atom is 0.255 e. The van der Waals surface area contributed by atoms with Crippen LogP contribution in [-0.2, 0) is 10.0 Å². The molecular weight excluding hydrogens is 260 g/mol. The van der Waals surface area contributed by atoms with Crippen molar-refractivity contribution >= 4 is 84.8 Å². The minimum atomic E-state index is -3.65. The fraction of sp³-hybridized carbons (Fsp3) is 0. The molecule has 1 N–H and O–H groups in total. The first-order valence-corrected chi connectivity index (χ1v) is 5.19. The average Bonchev–Trinajstić information content (AvgIpc) is 2.05. The normalized spacial score (nSPS) is 10.6. The third-order valence-electron chi connectivity index (χ3n) is 1.23. The first-order valence-electron chi connectivity index (χ1n) is 2.95. The van der Waals surface area contributed by atoms with Crippen LogP contribution < -0.4 is 4.24 Å². The van der Waals surface area contributed by atoms with Gasteiger partial charge in [0, 0.05) is 51.4 Å². The Labute approximate surface area is 129 Å². The van der Waals surface area contributed by atoms with Crippen molar-refractivity contribution in [2.45, 2.75) is 4.90 Å². The van der Waals surface area contributed by atoms with Crippen LogP contribution >= 0.6 is 23.4 Å². The van der Waals surface area contributed by atoms with E-state index in [0.29, 0.717) is 0 Å². The second-order valence-electron chi connectivity index (χ2n) is 2.01. The largest absolute Gasteiger partial charge is 0.255 e. The molecular formula is C6H5Cl2KNO2S. The second-order valence-corrected chi connectivity index (χ2v) is 4.48. The summed E-state index contributed by atoms with van der Waals surface area (Å²) in [6.45, 7) is 0. The molecule has 0 amide bonds. The molecule has 1 rings (SSSR count). The molecule has 1 radical (unpaired) electrons. The Bertz CT molecular complexity index is 382. The first-order chi connectivity index (χ1) is 5.58. The van der Waals surface area contributed by atoms with Crippen molar-refractivity contribution in [2.75, 3.05) is 0 Å². The molecule has 0 saturated heterocycles. The molecule has 0 aliphatic carbocycles. The SMILES string of the molecule is O=S(=O)(NCl)c1ccccc1Cl.[K]. The van der Waals surface area contributed by atoms with Crippen LogP contribution in [-0.4, -0.2) is 59.8 Å². The van der Waals surface area contributed by atoms with Crippen LogP contribution in [0.2, 0.25) is 5.02 Å². The van der Waals surface area contributed by atoms with Crippen LogP contribution in [0.1, 0.15) is 0 Å². The van der Waals surface area contributed by atoms with E-state index in [4.69, 9.17) is 23.4 Å². The molecule has 0 atom stereocenters. The van der Waals surface area contributed by atoms with Gasteiger partial charge < -0.3 is 0 Å². The number of hydrogen-bond donors (Lipinski definition) is 1. The second kappa shape index (κ2) is 6.04. The molecule has 13 heavy (non-hydrogen) atoms. The average molecular weight is 265 g/mol. The Hall–Kier alpha value is 1.35. The predicted molar refractivity (Wildman–Crippen MR) is 53.4 cm³/mol. The summed E-state index contributed by atoms with van der Waals surface area (Å²) in [5.74, 6) is 0. The standard InChI is InChI=1S/C6H5Cl2NO2S.K/c7-5-3-1-2-4-6(5)12(10,11)9-8;/h1-4,9H;. The quantitative estimate of drug-likeness (QED) is 0.649. The van der Waals surface area contributed by atoms with Gasteiger partial charge in [-0.25, -0.2) is 8.42 Å². The van der Waals surface area contributed by atoms with Crippen LogP contribution in [0.25, 0.3) is 0 Å². The Morgan fingerprint density at radius 3 is 2.23 bits per heavy atom. The molecule has 0 unspecified atom stereocenters. The van der Waals surface area contributed by atoms with Crippen LogP contribution in [0, 0.1) is 0 Å². The van der Waals surface area contributed by atoms with Gasteiger partial charge in [-0.05, 0) is 23.9 Å². The third-order valence-corrected chi connectivity index (χ3v) is 3.42. The molecule has 1 aromatic rings. The van der Waals surface area contributed by atoms with Crippen LogP contribution in [0.4, 0.5) is 0 Å². The van der Waals surface area contributed by atoms with Gasteiger partial charge in [0.1, 0.15) is 4.90 Å². The Morgan fingerprint density at radius 1 is 1.23 bits per heavy atom. The Balaban J connectivity index is 0.00000144. The summed E-state index contributed by atoms with van der Waals surface area (Å²) < 4.78 is 23.8. The number of sulfonamides is 1. The van der Waals surface area contributed by atoms with E-state index in [1.54, 1.807) is 16.4 Å². The fourth-order valence-corrected chi connectivity index (χ4v) is 2.06. The number of benzene rings is 1. The van der Waals surface area contributed by atoms with Crippen LogP contribution in [0.15, 0.2) is 29.2 Å². The van der Waals surface area contributed by atoms with Crippen molar-refractivity contribution < 1.29 is 8.42 Å². The molecule has 67 valence electrons. The van der Waals surface area contributed by atoms with Gasteiger partial charge >= 0.3 is 0 Å². The summed E-state index contributed by atoms with van der Waals surface area (Å²) in [5, 5.41) is 0.144. The molecule has 0 saturated carbocycles. The smallest absolute Gasteiger partial charge is 0.206 e. The molecule has 0 bridgehead atoms. The van der Waals surface area contributed by atoms with E-state index in [0.717, 1.165) is 0 Å². The van der Waals surface area contributed by atoms with E-state index in [2.05, 4.69) is 0 Å². The van der Waals surface area contributed by atoms with Crippen LogP contribution in [0.5, 0.6) is 0 Å². The predicted octanol–water partition coefficient (Wildman–Crippen LogP) is 1.39. The number of hydrogen-bond acceptors (Lipinski definition) is 2. The molecule has 0 spiro atoms. The summed E-state index contributed by atoms with van der Waals surface area (Å²) in [7, 11) is -3.65. The van der Waals surface area contributed by atoms with E-state index >= 15 is 0 Å². The molecule has 7 heteroatoms. The summed E-state index contributed by atoms with van der Waals surface area (Å²) in [5.41, 5.74) is 0.